The highest BCUT2D eigenvalue weighted by molar-refractivity contribution is 5.90. The minimum absolute atomic E-state index is 0.0282. The molecule has 3 aromatic rings. The van der Waals surface area contributed by atoms with Gasteiger partial charge >= 0.3 is 12.2 Å². The maximum absolute atomic E-state index is 14.0. The first-order valence-electron chi connectivity index (χ1n) is 9.27. The molecule has 0 fully saturated rings. The summed E-state index contributed by atoms with van der Waals surface area (Å²) in [6.07, 6.45) is -2.34. The summed E-state index contributed by atoms with van der Waals surface area (Å²) in [4.78, 5) is 18.8. The zero-order chi connectivity index (χ0) is 21.3. The lowest BCUT2D eigenvalue weighted by Crippen LogP contribution is -2.43. The Morgan fingerprint density at radius 1 is 1.03 bits per heavy atom. The van der Waals surface area contributed by atoms with E-state index in [0.717, 1.165) is 17.7 Å². The van der Waals surface area contributed by atoms with Crippen LogP contribution in [0.1, 0.15) is 28.4 Å². The Labute approximate surface area is 170 Å². The van der Waals surface area contributed by atoms with Gasteiger partial charge < -0.3 is 10.2 Å². The van der Waals surface area contributed by atoms with Crippen LogP contribution in [-0.2, 0) is 12.6 Å². The molecule has 0 bridgehead atoms. The molecule has 2 aromatic carbocycles. The lowest BCUT2D eigenvalue weighted by Gasteiger charge is -2.36. The van der Waals surface area contributed by atoms with Gasteiger partial charge in [0.25, 0.3) is 0 Å². The number of fused-ring (bicyclic) bond motifs is 1. The highest BCUT2D eigenvalue weighted by Gasteiger charge is 2.35. The van der Waals surface area contributed by atoms with E-state index in [1.165, 1.54) is 35.2 Å². The molecule has 30 heavy (non-hydrogen) atoms. The average molecular weight is 415 g/mol. The predicted octanol–water partition coefficient (Wildman–Crippen LogP) is 5.42. The number of hydrogen-bond acceptors (Lipinski definition) is 2. The van der Waals surface area contributed by atoms with Gasteiger partial charge in [0.15, 0.2) is 0 Å². The van der Waals surface area contributed by atoms with Gasteiger partial charge in [-0.3, -0.25) is 4.98 Å². The fourth-order valence-corrected chi connectivity index (χ4v) is 3.59. The maximum atomic E-state index is 14.0. The number of nitrogens with zero attached hydrogens (tertiary/aromatic N) is 2. The number of anilines is 1. The van der Waals surface area contributed by atoms with E-state index in [1.54, 1.807) is 18.3 Å². The van der Waals surface area contributed by atoms with Gasteiger partial charge in [-0.25, -0.2) is 9.18 Å². The molecule has 154 valence electrons. The number of halogens is 4. The van der Waals surface area contributed by atoms with E-state index < -0.39 is 29.6 Å². The molecule has 1 aliphatic rings. The third-order valence-corrected chi connectivity index (χ3v) is 5.05. The van der Waals surface area contributed by atoms with Crippen molar-refractivity contribution in [2.45, 2.75) is 18.6 Å². The van der Waals surface area contributed by atoms with Crippen molar-refractivity contribution in [1.82, 2.24) is 9.88 Å². The summed E-state index contributed by atoms with van der Waals surface area (Å²) in [5, 5.41) is 2.55. The third kappa shape index (κ3) is 3.85. The van der Waals surface area contributed by atoms with Crippen molar-refractivity contribution in [3.05, 3.63) is 95.1 Å². The lowest BCUT2D eigenvalue weighted by atomic mass is 9.92. The molecule has 1 N–H and O–H groups in total. The van der Waals surface area contributed by atoms with E-state index in [4.69, 9.17) is 0 Å². The number of urea groups is 1. The Morgan fingerprint density at radius 2 is 1.77 bits per heavy atom. The molecule has 1 atom stereocenters. The molecule has 0 spiro atoms. The van der Waals surface area contributed by atoms with Crippen molar-refractivity contribution in [2.75, 3.05) is 11.9 Å². The molecule has 1 unspecified atom stereocenters. The van der Waals surface area contributed by atoms with Crippen molar-refractivity contribution >= 4 is 11.7 Å². The van der Waals surface area contributed by atoms with Crippen LogP contribution in [0.15, 0.2) is 66.9 Å². The SMILES string of the molecule is O=C(Nc1ccccc1F)N1CCc2cccnc2C1c1ccc(C(F)(F)F)cc1. The second-order valence-electron chi connectivity index (χ2n) is 6.92. The first kappa shape index (κ1) is 19.9. The number of carbonyl (C=O) groups is 1. The van der Waals surface area contributed by atoms with Crippen LogP contribution in [-0.4, -0.2) is 22.5 Å². The molecule has 0 aliphatic carbocycles. The summed E-state index contributed by atoms with van der Waals surface area (Å²) in [6, 6.07) is 12.9. The highest BCUT2D eigenvalue weighted by atomic mass is 19.4. The monoisotopic (exact) mass is 415 g/mol. The number of carbonyl (C=O) groups excluding carboxylic acids is 1. The van der Waals surface area contributed by atoms with E-state index in [2.05, 4.69) is 10.3 Å². The number of aromatic nitrogens is 1. The zero-order valence-electron chi connectivity index (χ0n) is 15.7. The van der Waals surface area contributed by atoms with Crippen LogP contribution < -0.4 is 5.32 Å². The Bertz CT molecular complexity index is 1070. The van der Waals surface area contributed by atoms with Gasteiger partial charge in [-0.2, -0.15) is 13.2 Å². The molecule has 1 aliphatic heterocycles. The summed E-state index contributed by atoms with van der Waals surface area (Å²) in [5.41, 5.74) is 1.25. The summed E-state index contributed by atoms with van der Waals surface area (Å²) in [6.45, 7) is 0.310. The van der Waals surface area contributed by atoms with Crippen LogP contribution in [0, 0.1) is 5.82 Å². The summed E-state index contributed by atoms with van der Waals surface area (Å²) in [5.74, 6) is -0.576. The molecule has 2 heterocycles. The highest BCUT2D eigenvalue weighted by Crippen LogP contribution is 2.36. The van der Waals surface area contributed by atoms with Crippen LogP contribution >= 0.6 is 0 Å². The number of nitrogens with one attached hydrogen (secondary N) is 1. The van der Waals surface area contributed by atoms with Gasteiger partial charge in [-0.15, -0.1) is 0 Å². The Hall–Kier alpha value is -3.42. The van der Waals surface area contributed by atoms with E-state index in [1.807, 2.05) is 6.07 Å². The summed E-state index contributed by atoms with van der Waals surface area (Å²) in [7, 11) is 0. The van der Waals surface area contributed by atoms with E-state index in [0.29, 0.717) is 24.2 Å². The van der Waals surface area contributed by atoms with Crippen LogP contribution in [0.2, 0.25) is 0 Å². The Kier molecular flexibility index (Phi) is 5.15. The van der Waals surface area contributed by atoms with Crippen LogP contribution in [0.4, 0.5) is 28.0 Å². The van der Waals surface area contributed by atoms with Gasteiger partial charge in [0.05, 0.1) is 16.9 Å². The topological polar surface area (TPSA) is 45.2 Å². The van der Waals surface area contributed by atoms with Gasteiger partial charge in [0.1, 0.15) is 11.9 Å². The van der Waals surface area contributed by atoms with E-state index in [-0.39, 0.29) is 5.69 Å². The van der Waals surface area contributed by atoms with Crippen molar-refractivity contribution in [2.24, 2.45) is 0 Å². The van der Waals surface area contributed by atoms with Gasteiger partial charge in [0.2, 0.25) is 0 Å². The van der Waals surface area contributed by atoms with Crippen molar-refractivity contribution < 1.29 is 22.4 Å². The quantitative estimate of drug-likeness (QED) is 0.568. The van der Waals surface area contributed by atoms with Crippen LogP contribution in [0.5, 0.6) is 0 Å². The zero-order valence-corrected chi connectivity index (χ0v) is 15.7. The number of para-hydroxylation sites is 1. The number of pyridine rings is 1. The van der Waals surface area contributed by atoms with Crippen molar-refractivity contribution in [3.8, 4) is 0 Å². The second-order valence-corrected chi connectivity index (χ2v) is 6.92. The Balaban J connectivity index is 1.71. The largest absolute Gasteiger partial charge is 0.416 e. The molecule has 0 saturated heterocycles. The molecular formula is C22H17F4N3O. The van der Waals surface area contributed by atoms with Crippen LogP contribution in [0.3, 0.4) is 0 Å². The van der Waals surface area contributed by atoms with E-state index in [9.17, 15) is 22.4 Å². The molecular weight excluding hydrogens is 398 g/mol. The number of benzene rings is 2. The summed E-state index contributed by atoms with van der Waals surface area (Å²) >= 11 is 0. The number of hydrogen-bond donors (Lipinski definition) is 1. The summed E-state index contributed by atoms with van der Waals surface area (Å²) < 4.78 is 52.9. The molecule has 1 aromatic heterocycles. The molecule has 0 saturated carbocycles. The minimum atomic E-state index is -4.46. The van der Waals surface area contributed by atoms with Crippen LogP contribution in [0.25, 0.3) is 0 Å². The second kappa shape index (κ2) is 7.78. The molecule has 8 heteroatoms. The first-order valence-corrected chi connectivity index (χ1v) is 9.27. The fourth-order valence-electron chi connectivity index (χ4n) is 3.59. The van der Waals surface area contributed by atoms with Gasteiger partial charge in [0, 0.05) is 12.7 Å². The van der Waals surface area contributed by atoms with Gasteiger partial charge in [-0.1, -0.05) is 30.3 Å². The average Bonchev–Trinajstić information content (AvgIpc) is 2.74. The normalized spacial score (nSPS) is 16.1. The fraction of sp³-hybridized carbons (Fsp3) is 0.182. The lowest BCUT2D eigenvalue weighted by molar-refractivity contribution is -0.137. The van der Waals surface area contributed by atoms with Crippen molar-refractivity contribution in [1.29, 1.82) is 0 Å². The number of alkyl halides is 3. The predicted molar refractivity (Wildman–Crippen MR) is 103 cm³/mol. The third-order valence-electron chi connectivity index (χ3n) is 5.05. The number of rotatable bonds is 2. The van der Waals surface area contributed by atoms with Gasteiger partial charge in [-0.05, 0) is 47.9 Å². The molecule has 2 amide bonds. The maximum Gasteiger partial charge on any atom is 0.416 e. The molecule has 4 nitrogen and oxygen atoms in total. The Morgan fingerprint density at radius 3 is 2.47 bits per heavy atom. The number of amides is 2. The molecule has 0 radical (unpaired) electrons. The van der Waals surface area contributed by atoms with Crippen molar-refractivity contribution in [3.63, 3.8) is 0 Å². The standard InChI is InChI=1S/C22H17F4N3O/c23-17-5-1-2-6-18(17)28-21(30)29-13-11-14-4-3-12-27-19(14)20(29)15-7-9-16(10-8-15)22(24,25)26/h1-10,12,20H,11,13H2,(H,28,30). The smallest absolute Gasteiger partial charge is 0.311 e. The minimum Gasteiger partial charge on any atom is -0.311 e. The van der Waals surface area contributed by atoms with E-state index >= 15 is 0 Å². The first-order chi connectivity index (χ1) is 14.3. The molecule has 4 rings (SSSR count).